The van der Waals surface area contributed by atoms with E-state index in [-0.39, 0.29) is 22.7 Å². The van der Waals surface area contributed by atoms with Gasteiger partial charge >= 0.3 is 0 Å². The van der Waals surface area contributed by atoms with Crippen molar-refractivity contribution in [2.45, 2.75) is 12.8 Å². The number of nitro groups is 1. The van der Waals surface area contributed by atoms with Gasteiger partial charge in [-0.05, 0) is 30.7 Å². The molecule has 0 saturated heterocycles. The third-order valence-corrected chi connectivity index (χ3v) is 7.12. The number of benzene rings is 3. The lowest BCUT2D eigenvalue weighted by Gasteiger charge is -2.30. The highest BCUT2D eigenvalue weighted by atomic mass is 32.2. The van der Waals surface area contributed by atoms with Crippen LogP contribution in [0.3, 0.4) is 0 Å². The molecule has 2 amide bonds. The van der Waals surface area contributed by atoms with Crippen LogP contribution in [0.25, 0.3) is 0 Å². The highest BCUT2D eigenvalue weighted by molar-refractivity contribution is 8.03. The van der Waals surface area contributed by atoms with E-state index in [4.69, 9.17) is 4.74 Å². The molecule has 10 nitrogen and oxygen atoms in total. The fraction of sp³-hybridized carbons (Fsp3) is 0.138. The quantitative estimate of drug-likeness (QED) is 0.238. The number of ether oxygens (including phenoxy) is 1. The summed E-state index contributed by atoms with van der Waals surface area (Å²) >= 11 is 1.08. The minimum absolute atomic E-state index is 0.0812. The van der Waals surface area contributed by atoms with Gasteiger partial charge in [-0.2, -0.15) is 5.26 Å². The molecular weight excluding hydrogens is 530 g/mol. The number of nitriles is 1. The Morgan fingerprint density at radius 1 is 1.02 bits per heavy atom. The van der Waals surface area contributed by atoms with Crippen LogP contribution in [0.5, 0.6) is 5.75 Å². The second-order valence-electron chi connectivity index (χ2n) is 8.63. The molecule has 40 heavy (non-hydrogen) atoms. The number of methoxy groups -OCH3 is 1. The van der Waals surface area contributed by atoms with E-state index in [1.807, 2.05) is 30.3 Å². The Bertz CT molecular complexity index is 1560. The zero-order chi connectivity index (χ0) is 28.6. The molecule has 0 radical (unpaired) electrons. The highest BCUT2D eigenvalue weighted by Gasteiger charge is 2.35. The van der Waals surface area contributed by atoms with E-state index in [9.17, 15) is 25.0 Å². The number of amides is 2. The predicted octanol–water partition coefficient (Wildman–Crippen LogP) is 5.31. The SMILES string of the molecule is COc1ccccc1NC(=O)C1=C(C)NC(SCC(=O)Nc2ccccc2[N+](=O)[O-])=C(C#N)[C@@H]1c1ccccc1. The van der Waals surface area contributed by atoms with Gasteiger partial charge in [0.2, 0.25) is 5.91 Å². The Morgan fingerprint density at radius 3 is 2.35 bits per heavy atom. The van der Waals surface area contributed by atoms with Crippen LogP contribution in [0, 0.1) is 21.4 Å². The zero-order valence-corrected chi connectivity index (χ0v) is 22.5. The maximum absolute atomic E-state index is 13.6. The molecule has 0 fully saturated rings. The number of thioether (sulfide) groups is 1. The lowest BCUT2D eigenvalue weighted by molar-refractivity contribution is -0.383. The maximum Gasteiger partial charge on any atom is 0.292 e. The van der Waals surface area contributed by atoms with Gasteiger partial charge in [0.05, 0.1) is 46.1 Å². The van der Waals surface area contributed by atoms with Crippen molar-refractivity contribution in [3.05, 3.63) is 116 Å². The third-order valence-electron chi connectivity index (χ3n) is 6.10. The number of anilines is 2. The van der Waals surface area contributed by atoms with Gasteiger partial charge in [0.1, 0.15) is 11.4 Å². The van der Waals surface area contributed by atoms with Gasteiger partial charge in [-0.25, -0.2) is 0 Å². The number of carbonyl (C=O) groups is 2. The normalized spacial score (nSPS) is 14.6. The molecule has 3 aromatic carbocycles. The first-order valence-electron chi connectivity index (χ1n) is 12.1. The number of allylic oxidation sites excluding steroid dienone is 2. The highest BCUT2D eigenvalue weighted by Crippen LogP contribution is 2.41. The van der Waals surface area contributed by atoms with Crippen LogP contribution in [0.1, 0.15) is 18.4 Å². The van der Waals surface area contributed by atoms with Gasteiger partial charge < -0.3 is 20.7 Å². The minimum Gasteiger partial charge on any atom is -0.495 e. The van der Waals surface area contributed by atoms with Crippen molar-refractivity contribution in [1.29, 1.82) is 5.26 Å². The lowest BCUT2D eigenvalue weighted by Crippen LogP contribution is -2.31. The largest absolute Gasteiger partial charge is 0.495 e. The van der Waals surface area contributed by atoms with Crippen molar-refractivity contribution in [2.24, 2.45) is 0 Å². The summed E-state index contributed by atoms with van der Waals surface area (Å²) in [5.74, 6) is -1.23. The fourth-order valence-electron chi connectivity index (χ4n) is 4.31. The Labute approximate surface area is 234 Å². The summed E-state index contributed by atoms with van der Waals surface area (Å²) in [6.45, 7) is 1.73. The summed E-state index contributed by atoms with van der Waals surface area (Å²) in [5, 5.41) is 30.5. The van der Waals surface area contributed by atoms with Gasteiger partial charge in [0.25, 0.3) is 11.6 Å². The number of para-hydroxylation sites is 4. The molecular formula is C29H25N5O5S. The molecule has 0 unspecified atom stereocenters. The van der Waals surface area contributed by atoms with Crippen molar-refractivity contribution >= 4 is 40.6 Å². The average Bonchev–Trinajstić information content (AvgIpc) is 2.96. The van der Waals surface area contributed by atoms with Crippen LogP contribution in [0.2, 0.25) is 0 Å². The van der Waals surface area contributed by atoms with E-state index in [1.165, 1.54) is 25.3 Å². The van der Waals surface area contributed by atoms with Crippen molar-refractivity contribution in [3.63, 3.8) is 0 Å². The number of rotatable bonds is 9. The van der Waals surface area contributed by atoms with E-state index < -0.39 is 22.7 Å². The molecule has 0 aromatic heterocycles. The fourth-order valence-corrected chi connectivity index (χ4v) is 5.20. The molecule has 1 aliphatic heterocycles. The van der Waals surface area contributed by atoms with Crippen LogP contribution in [0.4, 0.5) is 17.1 Å². The molecule has 3 aromatic rings. The molecule has 0 aliphatic carbocycles. The second-order valence-corrected chi connectivity index (χ2v) is 9.61. The number of hydrogen-bond acceptors (Lipinski definition) is 8. The summed E-state index contributed by atoms with van der Waals surface area (Å²) in [4.78, 5) is 37.1. The molecule has 0 spiro atoms. The zero-order valence-electron chi connectivity index (χ0n) is 21.6. The van der Waals surface area contributed by atoms with Crippen molar-refractivity contribution < 1.29 is 19.2 Å². The van der Waals surface area contributed by atoms with Gasteiger partial charge in [-0.15, -0.1) is 0 Å². The van der Waals surface area contributed by atoms with Crippen LogP contribution < -0.4 is 20.7 Å². The van der Waals surface area contributed by atoms with Gasteiger partial charge in [0.15, 0.2) is 0 Å². The Balaban J connectivity index is 1.62. The molecule has 1 aliphatic rings. The molecule has 4 rings (SSSR count). The number of hydrogen-bond donors (Lipinski definition) is 3. The van der Waals surface area contributed by atoms with Gasteiger partial charge in [-0.1, -0.05) is 66.4 Å². The van der Waals surface area contributed by atoms with Crippen LogP contribution in [0.15, 0.2) is 101 Å². The summed E-state index contributed by atoms with van der Waals surface area (Å²) in [7, 11) is 1.51. The lowest BCUT2D eigenvalue weighted by atomic mass is 9.82. The van der Waals surface area contributed by atoms with E-state index in [2.05, 4.69) is 22.0 Å². The van der Waals surface area contributed by atoms with E-state index in [0.29, 0.717) is 27.7 Å². The van der Waals surface area contributed by atoms with Crippen LogP contribution >= 0.6 is 11.8 Å². The number of nitrogens with zero attached hydrogens (tertiary/aromatic N) is 2. The van der Waals surface area contributed by atoms with E-state index in [1.54, 1.807) is 37.3 Å². The monoisotopic (exact) mass is 555 g/mol. The molecule has 1 heterocycles. The van der Waals surface area contributed by atoms with Crippen molar-refractivity contribution in [3.8, 4) is 11.8 Å². The van der Waals surface area contributed by atoms with E-state index >= 15 is 0 Å². The first-order chi connectivity index (χ1) is 19.3. The Hall–Kier alpha value is -5.08. The molecule has 3 N–H and O–H groups in total. The van der Waals surface area contributed by atoms with E-state index in [0.717, 1.165) is 17.3 Å². The predicted molar refractivity (Wildman–Crippen MR) is 153 cm³/mol. The summed E-state index contributed by atoms with van der Waals surface area (Å²) in [5.41, 5.74) is 2.21. The second kappa shape index (κ2) is 12.6. The van der Waals surface area contributed by atoms with Crippen molar-refractivity contribution in [1.82, 2.24) is 5.32 Å². The maximum atomic E-state index is 13.6. The van der Waals surface area contributed by atoms with Crippen molar-refractivity contribution in [2.75, 3.05) is 23.5 Å². The molecule has 0 bridgehead atoms. The molecule has 202 valence electrons. The number of carbonyl (C=O) groups excluding carboxylic acids is 2. The first kappa shape index (κ1) is 27.9. The number of nitro benzene ring substituents is 1. The average molecular weight is 556 g/mol. The summed E-state index contributed by atoms with van der Waals surface area (Å²) < 4.78 is 5.36. The standard InChI is InChI=1S/C29H25N5O5S/c1-18-26(28(36)33-22-13-7-9-15-24(22)39-2)27(19-10-4-3-5-11-19)20(16-30)29(31-18)40-17-25(35)32-21-12-6-8-14-23(21)34(37)38/h3-15,27,31H,17H2,1-2H3,(H,32,35)(H,33,36)/t27-/m0/s1. The number of dihydropyridines is 1. The first-order valence-corrected chi connectivity index (χ1v) is 13.1. The van der Waals surface area contributed by atoms with Crippen LogP contribution in [-0.4, -0.2) is 29.6 Å². The topological polar surface area (TPSA) is 146 Å². The Morgan fingerprint density at radius 2 is 1.68 bits per heavy atom. The molecule has 0 saturated carbocycles. The molecule has 1 atom stereocenters. The minimum atomic E-state index is -0.706. The summed E-state index contributed by atoms with van der Waals surface area (Å²) in [6, 6.07) is 24.3. The third kappa shape index (κ3) is 6.14. The number of nitrogens with one attached hydrogen (secondary N) is 3. The summed E-state index contributed by atoms with van der Waals surface area (Å²) in [6.07, 6.45) is 0. The smallest absolute Gasteiger partial charge is 0.292 e. The van der Waals surface area contributed by atoms with Gasteiger partial charge in [0, 0.05) is 17.3 Å². The Kier molecular flexibility index (Phi) is 8.83. The van der Waals surface area contributed by atoms with Gasteiger partial charge in [-0.3, -0.25) is 19.7 Å². The van der Waals surface area contributed by atoms with Crippen LogP contribution in [-0.2, 0) is 9.59 Å². The molecule has 11 heteroatoms.